The normalized spacial score (nSPS) is 10.6. The van der Waals surface area contributed by atoms with Gasteiger partial charge in [0.05, 0.1) is 18.5 Å². The first-order valence-corrected chi connectivity index (χ1v) is 9.55. The molecule has 0 spiro atoms. The first-order chi connectivity index (χ1) is 13.6. The molecule has 0 aliphatic carbocycles. The number of amides is 1. The van der Waals surface area contributed by atoms with E-state index < -0.39 is 0 Å². The van der Waals surface area contributed by atoms with Crippen LogP contribution in [0.5, 0.6) is 5.75 Å². The fourth-order valence-corrected chi connectivity index (χ4v) is 3.60. The van der Waals surface area contributed by atoms with Crippen molar-refractivity contribution in [2.24, 2.45) is 0 Å². The van der Waals surface area contributed by atoms with Crippen LogP contribution < -0.4 is 10.1 Å². The second-order valence-corrected chi connectivity index (χ2v) is 6.95. The van der Waals surface area contributed by atoms with E-state index in [1.807, 2.05) is 66.0 Å². The molecule has 0 saturated carbocycles. The van der Waals surface area contributed by atoms with Gasteiger partial charge in [-0.25, -0.2) is 4.98 Å². The number of thiazole rings is 1. The summed E-state index contributed by atoms with van der Waals surface area (Å²) in [5, 5.41) is 10.2. The smallest absolute Gasteiger partial charge is 0.222 e. The highest BCUT2D eigenvalue weighted by molar-refractivity contribution is 7.12. The molecule has 6 nitrogen and oxygen atoms in total. The lowest BCUT2D eigenvalue weighted by Gasteiger charge is -2.03. The first kappa shape index (κ1) is 17.9. The maximum atomic E-state index is 11.6. The van der Waals surface area contributed by atoms with Crippen LogP contribution in [0.1, 0.15) is 6.92 Å². The van der Waals surface area contributed by atoms with E-state index in [0.29, 0.717) is 10.9 Å². The number of anilines is 1. The second-order valence-electron chi connectivity index (χ2n) is 6.12. The molecule has 140 valence electrons. The Labute approximate surface area is 166 Å². The Morgan fingerprint density at radius 3 is 2.43 bits per heavy atom. The van der Waals surface area contributed by atoms with Gasteiger partial charge in [-0.05, 0) is 24.3 Å². The number of ether oxygens (including phenoxy) is 1. The molecule has 1 amide bonds. The van der Waals surface area contributed by atoms with Crippen molar-refractivity contribution < 1.29 is 9.53 Å². The molecule has 7 heteroatoms. The van der Waals surface area contributed by atoms with E-state index >= 15 is 0 Å². The highest BCUT2D eigenvalue weighted by Gasteiger charge is 2.15. The third-order valence-electron chi connectivity index (χ3n) is 4.14. The van der Waals surface area contributed by atoms with Crippen LogP contribution in [0.15, 0.2) is 66.0 Å². The van der Waals surface area contributed by atoms with Gasteiger partial charge in [0.25, 0.3) is 0 Å². The van der Waals surface area contributed by atoms with E-state index in [2.05, 4.69) is 10.4 Å². The molecule has 0 fully saturated rings. The number of rotatable bonds is 5. The summed E-state index contributed by atoms with van der Waals surface area (Å²) in [7, 11) is 1.64. The summed E-state index contributed by atoms with van der Waals surface area (Å²) >= 11 is 1.46. The zero-order valence-corrected chi connectivity index (χ0v) is 16.2. The number of carbonyl (C=O) groups excluding carboxylic acids is 1. The van der Waals surface area contributed by atoms with Crippen LogP contribution in [-0.4, -0.2) is 27.8 Å². The van der Waals surface area contributed by atoms with E-state index in [1.54, 1.807) is 11.8 Å². The van der Waals surface area contributed by atoms with Crippen molar-refractivity contribution in [3.8, 4) is 33.4 Å². The number of aromatic nitrogens is 3. The number of carbonyl (C=O) groups is 1. The van der Waals surface area contributed by atoms with Gasteiger partial charge in [-0.15, -0.1) is 11.3 Å². The van der Waals surface area contributed by atoms with Crippen molar-refractivity contribution in [1.29, 1.82) is 0 Å². The van der Waals surface area contributed by atoms with E-state index in [1.165, 1.54) is 18.3 Å². The molecule has 4 rings (SSSR count). The number of nitrogens with one attached hydrogen (secondary N) is 1. The number of methoxy groups -OCH3 is 1. The van der Waals surface area contributed by atoms with Gasteiger partial charge in [0.1, 0.15) is 11.6 Å². The van der Waals surface area contributed by atoms with Crippen LogP contribution in [0, 0.1) is 0 Å². The summed E-state index contributed by atoms with van der Waals surface area (Å²) in [6, 6.07) is 19.4. The summed E-state index contributed by atoms with van der Waals surface area (Å²) in [5.41, 5.74) is 3.57. The Morgan fingerprint density at radius 1 is 1.04 bits per heavy atom. The van der Waals surface area contributed by atoms with Crippen LogP contribution in [0.3, 0.4) is 0 Å². The molecule has 0 aliphatic rings. The maximum Gasteiger partial charge on any atom is 0.222 e. The fraction of sp³-hybridized carbons (Fsp3) is 0.0952. The largest absolute Gasteiger partial charge is 0.497 e. The highest BCUT2D eigenvalue weighted by atomic mass is 32.1. The number of benzene rings is 2. The summed E-state index contributed by atoms with van der Waals surface area (Å²) in [5.74, 6) is 1.22. The SMILES string of the molecule is COc1ccc(-c2csc(-n3nc(-c4ccccc4)cc3NC(C)=O)n2)cc1. The van der Waals surface area contributed by atoms with Crippen molar-refractivity contribution in [3.63, 3.8) is 0 Å². The minimum atomic E-state index is -0.160. The summed E-state index contributed by atoms with van der Waals surface area (Å²) in [6.07, 6.45) is 0. The Kier molecular flexibility index (Phi) is 4.90. The molecule has 28 heavy (non-hydrogen) atoms. The Balaban J connectivity index is 1.72. The average Bonchev–Trinajstić information content (AvgIpc) is 3.35. The van der Waals surface area contributed by atoms with Gasteiger partial charge in [-0.3, -0.25) is 4.79 Å². The van der Waals surface area contributed by atoms with Gasteiger partial charge in [0.2, 0.25) is 11.0 Å². The molecule has 0 radical (unpaired) electrons. The molecule has 0 unspecified atom stereocenters. The summed E-state index contributed by atoms with van der Waals surface area (Å²) in [4.78, 5) is 16.4. The molecule has 0 atom stereocenters. The van der Waals surface area contributed by atoms with E-state index in [0.717, 1.165) is 28.3 Å². The van der Waals surface area contributed by atoms with E-state index in [4.69, 9.17) is 9.72 Å². The van der Waals surface area contributed by atoms with Crippen LogP contribution in [0.25, 0.3) is 27.6 Å². The molecule has 1 N–H and O–H groups in total. The lowest BCUT2D eigenvalue weighted by molar-refractivity contribution is -0.114. The van der Waals surface area contributed by atoms with Gasteiger partial charge < -0.3 is 10.1 Å². The molecule has 2 aromatic carbocycles. The maximum absolute atomic E-state index is 11.6. The lowest BCUT2D eigenvalue weighted by Crippen LogP contribution is -2.10. The zero-order valence-electron chi connectivity index (χ0n) is 15.4. The van der Waals surface area contributed by atoms with Crippen LogP contribution in [0.2, 0.25) is 0 Å². The van der Waals surface area contributed by atoms with E-state index in [-0.39, 0.29) is 5.91 Å². The van der Waals surface area contributed by atoms with Gasteiger partial charge in [-0.1, -0.05) is 30.3 Å². The van der Waals surface area contributed by atoms with Crippen molar-refractivity contribution in [2.45, 2.75) is 6.92 Å². The molecule has 0 aliphatic heterocycles. The highest BCUT2D eigenvalue weighted by Crippen LogP contribution is 2.29. The lowest BCUT2D eigenvalue weighted by atomic mass is 10.2. The van der Waals surface area contributed by atoms with Crippen molar-refractivity contribution in [2.75, 3.05) is 12.4 Å². The molecule has 2 heterocycles. The summed E-state index contributed by atoms with van der Waals surface area (Å²) < 4.78 is 6.87. The quantitative estimate of drug-likeness (QED) is 0.539. The molecule has 0 bridgehead atoms. The monoisotopic (exact) mass is 390 g/mol. The fourth-order valence-electron chi connectivity index (χ4n) is 2.80. The van der Waals surface area contributed by atoms with Gasteiger partial charge >= 0.3 is 0 Å². The Bertz CT molecular complexity index is 1100. The molecule has 0 saturated heterocycles. The van der Waals surface area contributed by atoms with Crippen molar-refractivity contribution >= 4 is 23.1 Å². The topological polar surface area (TPSA) is 69.0 Å². The Morgan fingerprint density at radius 2 is 1.75 bits per heavy atom. The predicted octanol–water partition coefficient (Wildman–Crippen LogP) is 4.63. The molecular weight excluding hydrogens is 372 g/mol. The van der Waals surface area contributed by atoms with Crippen LogP contribution in [0.4, 0.5) is 5.82 Å². The summed E-state index contributed by atoms with van der Waals surface area (Å²) in [6.45, 7) is 1.48. The number of nitrogens with zero attached hydrogens (tertiary/aromatic N) is 3. The number of hydrogen-bond donors (Lipinski definition) is 1. The first-order valence-electron chi connectivity index (χ1n) is 8.67. The third-order valence-corrected chi connectivity index (χ3v) is 4.96. The van der Waals surface area contributed by atoms with Gasteiger partial charge in [0.15, 0.2) is 0 Å². The molecule has 2 aromatic heterocycles. The predicted molar refractivity (Wildman–Crippen MR) is 111 cm³/mol. The van der Waals surface area contributed by atoms with Gasteiger partial charge in [-0.2, -0.15) is 9.78 Å². The Hall–Kier alpha value is -3.45. The van der Waals surface area contributed by atoms with Crippen LogP contribution >= 0.6 is 11.3 Å². The second kappa shape index (κ2) is 7.66. The minimum Gasteiger partial charge on any atom is -0.497 e. The standard InChI is InChI=1S/C21H18N4O2S/c1-14(26)22-20-12-18(15-6-4-3-5-7-15)24-25(20)21-23-19(13-28-21)16-8-10-17(27-2)11-9-16/h3-13H,1-2H3,(H,22,26). The zero-order chi connectivity index (χ0) is 19.5. The minimum absolute atomic E-state index is 0.160. The van der Waals surface area contributed by atoms with Crippen molar-refractivity contribution in [3.05, 3.63) is 66.0 Å². The van der Waals surface area contributed by atoms with E-state index in [9.17, 15) is 4.79 Å². The number of hydrogen-bond acceptors (Lipinski definition) is 5. The van der Waals surface area contributed by atoms with Gasteiger partial charge in [0, 0.05) is 29.5 Å². The van der Waals surface area contributed by atoms with Crippen molar-refractivity contribution in [1.82, 2.24) is 14.8 Å². The third kappa shape index (κ3) is 3.65. The molecular formula is C21H18N4O2S. The molecule has 4 aromatic rings. The van der Waals surface area contributed by atoms with Crippen LogP contribution in [-0.2, 0) is 4.79 Å². The average molecular weight is 390 g/mol.